The summed E-state index contributed by atoms with van der Waals surface area (Å²) in [4.78, 5) is 22.4. The van der Waals surface area contributed by atoms with Gasteiger partial charge in [0.25, 0.3) is 0 Å². The van der Waals surface area contributed by atoms with Crippen molar-refractivity contribution in [3.05, 3.63) is 0 Å². The number of rotatable bonds is 5. The second-order valence-corrected chi connectivity index (χ2v) is 5.42. The third-order valence-electron chi connectivity index (χ3n) is 3.76. The number of carboxylic acid groups (broad SMARTS) is 1. The van der Waals surface area contributed by atoms with Gasteiger partial charge in [0.2, 0.25) is 0 Å². The molecular formula is C13H24N2O4. The minimum Gasteiger partial charge on any atom is -0.479 e. The van der Waals surface area contributed by atoms with E-state index in [1.54, 1.807) is 0 Å². The zero-order valence-corrected chi connectivity index (χ0v) is 11.8. The van der Waals surface area contributed by atoms with Crippen LogP contribution < -0.4 is 10.6 Å². The maximum absolute atomic E-state index is 11.7. The number of carboxylic acids is 1. The molecule has 6 heteroatoms. The van der Waals surface area contributed by atoms with Crippen LogP contribution in [0.3, 0.4) is 0 Å². The summed E-state index contributed by atoms with van der Waals surface area (Å²) in [5.41, 5.74) is 0. The van der Waals surface area contributed by atoms with Crippen LogP contribution in [0.25, 0.3) is 0 Å². The number of nitrogens with one attached hydrogen (secondary N) is 2. The van der Waals surface area contributed by atoms with E-state index in [0.717, 1.165) is 19.3 Å². The molecular weight excluding hydrogens is 248 g/mol. The van der Waals surface area contributed by atoms with Crippen molar-refractivity contribution in [2.45, 2.75) is 45.3 Å². The number of carbonyl (C=O) groups excluding carboxylic acids is 1. The lowest BCUT2D eigenvalue weighted by atomic mass is 9.80. The first kappa shape index (κ1) is 15.8. The molecule has 1 rings (SSSR count). The molecule has 4 atom stereocenters. The van der Waals surface area contributed by atoms with Crippen molar-refractivity contribution >= 4 is 12.0 Å². The summed E-state index contributed by atoms with van der Waals surface area (Å²) in [5, 5.41) is 14.2. The van der Waals surface area contributed by atoms with Gasteiger partial charge in [0, 0.05) is 13.2 Å². The molecule has 1 aliphatic carbocycles. The maximum Gasteiger partial charge on any atom is 0.334 e. The first-order valence-corrected chi connectivity index (χ1v) is 6.74. The summed E-state index contributed by atoms with van der Waals surface area (Å²) < 4.78 is 4.75. The van der Waals surface area contributed by atoms with Crippen molar-refractivity contribution < 1.29 is 19.4 Å². The minimum atomic E-state index is -1.08. The van der Waals surface area contributed by atoms with Crippen molar-refractivity contribution in [3.8, 4) is 0 Å². The summed E-state index contributed by atoms with van der Waals surface area (Å²) in [6.07, 6.45) is 2.20. The SMILES string of the molecule is COC(CNC(=O)NC1CCC(C)CC1C)C(=O)O. The summed E-state index contributed by atoms with van der Waals surface area (Å²) >= 11 is 0. The van der Waals surface area contributed by atoms with E-state index in [0.29, 0.717) is 11.8 Å². The van der Waals surface area contributed by atoms with E-state index < -0.39 is 12.1 Å². The molecule has 1 aliphatic rings. The van der Waals surface area contributed by atoms with Crippen LogP contribution in [0.5, 0.6) is 0 Å². The Labute approximate surface area is 113 Å². The molecule has 0 heterocycles. The van der Waals surface area contributed by atoms with E-state index in [4.69, 9.17) is 9.84 Å². The van der Waals surface area contributed by atoms with Crippen molar-refractivity contribution in [2.75, 3.05) is 13.7 Å². The molecule has 0 spiro atoms. The Morgan fingerprint density at radius 2 is 2.05 bits per heavy atom. The molecule has 2 amide bonds. The fourth-order valence-corrected chi connectivity index (χ4v) is 2.56. The summed E-state index contributed by atoms with van der Waals surface area (Å²) in [7, 11) is 1.31. The Morgan fingerprint density at radius 3 is 2.58 bits per heavy atom. The van der Waals surface area contributed by atoms with Crippen LogP contribution in [0.1, 0.15) is 33.1 Å². The Kier molecular flexibility index (Phi) is 6.08. The Morgan fingerprint density at radius 1 is 1.37 bits per heavy atom. The largest absolute Gasteiger partial charge is 0.479 e. The topological polar surface area (TPSA) is 87.7 Å². The molecule has 1 fully saturated rings. The lowest BCUT2D eigenvalue weighted by molar-refractivity contribution is -0.147. The van der Waals surface area contributed by atoms with Crippen molar-refractivity contribution in [1.29, 1.82) is 0 Å². The second kappa shape index (κ2) is 7.33. The third-order valence-corrected chi connectivity index (χ3v) is 3.76. The third kappa shape index (κ3) is 5.06. The summed E-state index contributed by atoms with van der Waals surface area (Å²) in [6.45, 7) is 4.33. The Bertz CT molecular complexity index is 322. The lowest BCUT2D eigenvalue weighted by Gasteiger charge is -2.33. The number of urea groups is 1. The highest BCUT2D eigenvalue weighted by atomic mass is 16.5. The molecule has 0 aliphatic heterocycles. The fraction of sp³-hybridized carbons (Fsp3) is 0.846. The molecule has 0 aromatic rings. The van der Waals surface area contributed by atoms with Crippen LogP contribution in [0, 0.1) is 11.8 Å². The Hall–Kier alpha value is -1.30. The van der Waals surface area contributed by atoms with Crippen molar-refractivity contribution in [1.82, 2.24) is 10.6 Å². The van der Waals surface area contributed by atoms with Gasteiger partial charge in [0.15, 0.2) is 6.10 Å². The van der Waals surface area contributed by atoms with E-state index >= 15 is 0 Å². The number of hydrogen-bond donors (Lipinski definition) is 3. The number of ether oxygens (including phenoxy) is 1. The van der Waals surface area contributed by atoms with Gasteiger partial charge in [-0.2, -0.15) is 0 Å². The zero-order chi connectivity index (χ0) is 14.4. The minimum absolute atomic E-state index is 0.0326. The van der Waals surface area contributed by atoms with Gasteiger partial charge in [-0.15, -0.1) is 0 Å². The van der Waals surface area contributed by atoms with Crippen molar-refractivity contribution in [2.24, 2.45) is 11.8 Å². The number of aliphatic carboxylic acids is 1. The molecule has 4 unspecified atom stereocenters. The maximum atomic E-state index is 11.7. The monoisotopic (exact) mass is 272 g/mol. The lowest BCUT2D eigenvalue weighted by Crippen LogP contribution is -2.49. The highest BCUT2D eigenvalue weighted by Gasteiger charge is 2.26. The van der Waals surface area contributed by atoms with Crippen LogP contribution >= 0.6 is 0 Å². The van der Waals surface area contributed by atoms with Gasteiger partial charge in [-0.25, -0.2) is 9.59 Å². The normalized spacial score (nSPS) is 28.5. The molecule has 19 heavy (non-hydrogen) atoms. The quantitative estimate of drug-likeness (QED) is 0.702. The van der Waals surface area contributed by atoms with Crippen LogP contribution in [-0.2, 0) is 9.53 Å². The second-order valence-electron chi connectivity index (χ2n) is 5.42. The van der Waals surface area contributed by atoms with Gasteiger partial charge in [-0.3, -0.25) is 0 Å². The molecule has 0 bridgehead atoms. The van der Waals surface area contributed by atoms with Gasteiger partial charge in [0.05, 0.1) is 6.54 Å². The van der Waals surface area contributed by atoms with E-state index in [1.807, 2.05) is 0 Å². The highest BCUT2D eigenvalue weighted by Crippen LogP contribution is 2.28. The summed E-state index contributed by atoms with van der Waals surface area (Å²) in [6, 6.07) is -0.156. The predicted octanol–water partition coefficient (Wildman–Crippen LogP) is 1.21. The van der Waals surface area contributed by atoms with Crippen LogP contribution in [0.2, 0.25) is 0 Å². The number of hydrogen-bond acceptors (Lipinski definition) is 3. The molecule has 1 saturated carbocycles. The van der Waals surface area contributed by atoms with E-state index in [-0.39, 0.29) is 18.6 Å². The average Bonchev–Trinajstić information content (AvgIpc) is 2.33. The van der Waals surface area contributed by atoms with Crippen LogP contribution in [0.15, 0.2) is 0 Å². The molecule has 110 valence electrons. The van der Waals surface area contributed by atoms with Gasteiger partial charge in [-0.1, -0.05) is 13.8 Å². The predicted molar refractivity (Wildman–Crippen MR) is 70.9 cm³/mol. The standard InChI is InChI=1S/C13H24N2O4/c1-8-4-5-10(9(2)6-8)15-13(18)14-7-11(19-3)12(16)17/h8-11H,4-7H2,1-3H3,(H,16,17)(H2,14,15,18). The van der Waals surface area contributed by atoms with Gasteiger partial charge in [-0.05, 0) is 31.1 Å². The average molecular weight is 272 g/mol. The van der Waals surface area contributed by atoms with Gasteiger partial charge in [0.1, 0.15) is 0 Å². The van der Waals surface area contributed by atoms with E-state index in [9.17, 15) is 9.59 Å². The first-order chi connectivity index (χ1) is 8.93. The summed E-state index contributed by atoms with van der Waals surface area (Å²) in [5.74, 6) is 0.0795. The first-order valence-electron chi connectivity index (χ1n) is 6.74. The van der Waals surface area contributed by atoms with Gasteiger partial charge >= 0.3 is 12.0 Å². The fourth-order valence-electron chi connectivity index (χ4n) is 2.56. The molecule has 6 nitrogen and oxygen atoms in total. The van der Waals surface area contributed by atoms with E-state index in [1.165, 1.54) is 7.11 Å². The Balaban J connectivity index is 2.33. The number of amides is 2. The van der Waals surface area contributed by atoms with Crippen LogP contribution in [-0.4, -0.2) is 42.9 Å². The molecule has 0 aromatic heterocycles. The molecule has 0 radical (unpaired) electrons. The van der Waals surface area contributed by atoms with E-state index in [2.05, 4.69) is 24.5 Å². The van der Waals surface area contributed by atoms with Crippen LogP contribution in [0.4, 0.5) is 4.79 Å². The number of methoxy groups -OCH3 is 1. The van der Waals surface area contributed by atoms with Gasteiger partial charge < -0.3 is 20.5 Å². The van der Waals surface area contributed by atoms with Crippen molar-refractivity contribution in [3.63, 3.8) is 0 Å². The smallest absolute Gasteiger partial charge is 0.334 e. The molecule has 3 N–H and O–H groups in total. The highest BCUT2D eigenvalue weighted by molar-refractivity contribution is 5.77. The zero-order valence-electron chi connectivity index (χ0n) is 11.8. The molecule has 0 aromatic carbocycles. The number of carbonyl (C=O) groups is 2. The molecule has 0 saturated heterocycles.